The van der Waals surface area contributed by atoms with Crippen molar-refractivity contribution in [3.8, 4) is 5.75 Å². The molecule has 0 atom stereocenters. The van der Waals surface area contributed by atoms with Crippen LogP contribution in [0.4, 0.5) is 20.6 Å². The summed E-state index contributed by atoms with van der Waals surface area (Å²) in [6.45, 7) is 5.36. The van der Waals surface area contributed by atoms with E-state index in [1.54, 1.807) is 31.4 Å². The maximum Gasteiger partial charge on any atom is 0.319 e. The minimum atomic E-state index is -0.203. The second-order valence-electron chi connectivity index (χ2n) is 6.77. The summed E-state index contributed by atoms with van der Waals surface area (Å²) < 4.78 is 18.1. The highest BCUT2D eigenvalue weighted by Crippen LogP contribution is 2.17. The number of nitrogens with zero attached hydrogens (tertiary/aromatic N) is 2. The Morgan fingerprint density at radius 2 is 1.71 bits per heavy atom. The fourth-order valence-corrected chi connectivity index (χ4v) is 3.24. The number of hydrogen-bond donors (Lipinski definition) is 2. The number of hydrogen-bond acceptors (Lipinski definition) is 4. The van der Waals surface area contributed by atoms with E-state index < -0.39 is 0 Å². The molecule has 0 spiro atoms. The molecule has 1 heterocycles. The summed E-state index contributed by atoms with van der Waals surface area (Å²) in [6, 6.07) is 13.7. The van der Waals surface area contributed by atoms with Gasteiger partial charge >= 0.3 is 6.03 Å². The first-order valence-electron chi connectivity index (χ1n) is 9.56. The van der Waals surface area contributed by atoms with E-state index in [1.165, 1.54) is 12.1 Å². The third-order valence-electron chi connectivity index (χ3n) is 4.85. The Labute approximate surface area is 165 Å². The van der Waals surface area contributed by atoms with Gasteiger partial charge in [0.2, 0.25) is 0 Å². The van der Waals surface area contributed by atoms with Crippen LogP contribution in [0.1, 0.15) is 6.42 Å². The summed E-state index contributed by atoms with van der Waals surface area (Å²) in [7, 11) is 1.61. The van der Waals surface area contributed by atoms with Gasteiger partial charge in [-0.1, -0.05) is 0 Å². The van der Waals surface area contributed by atoms with Crippen LogP contribution in [0.15, 0.2) is 48.5 Å². The number of carbonyl (C=O) groups is 1. The monoisotopic (exact) mass is 386 g/mol. The van der Waals surface area contributed by atoms with Crippen LogP contribution in [0, 0.1) is 5.82 Å². The predicted molar refractivity (Wildman–Crippen MR) is 110 cm³/mol. The SMILES string of the molecule is COc1ccc(NC(=O)NCCCN2CCN(c3ccc(F)cc3)CC2)cc1. The van der Waals surface area contributed by atoms with Crippen molar-refractivity contribution in [1.82, 2.24) is 10.2 Å². The van der Waals surface area contributed by atoms with Gasteiger partial charge in [-0.15, -0.1) is 0 Å². The van der Waals surface area contributed by atoms with Crippen molar-refractivity contribution in [3.63, 3.8) is 0 Å². The van der Waals surface area contributed by atoms with Gasteiger partial charge in [-0.2, -0.15) is 0 Å². The smallest absolute Gasteiger partial charge is 0.319 e. The number of benzene rings is 2. The van der Waals surface area contributed by atoms with E-state index in [4.69, 9.17) is 4.74 Å². The predicted octanol–water partition coefficient (Wildman–Crippen LogP) is 3.17. The molecule has 1 fully saturated rings. The highest BCUT2D eigenvalue weighted by atomic mass is 19.1. The zero-order valence-corrected chi connectivity index (χ0v) is 16.2. The summed E-state index contributed by atoms with van der Waals surface area (Å²) in [5.41, 5.74) is 1.80. The highest BCUT2D eigenvalue weighted by molar-refractivity contribution is 5.89. The number of ether oxygens (including phenoxy) is 1. The number of rotatable bonds is 7. The molecule has 1 saturated heterocycles. The van der Waals surface area contributed by atoms with E-state index in [9.17, 15) is 9.18 Å². The molecule has 2 amide bonds. The molecule has 0 saturated carbocycles. The van der Waals surface area contributed by atoms with Crippen molar-refractivity contribution >= 4 is 17.4 Å². The van der Waals surface area contributed by atoms with Gasteiger partial charge in [0.05, 0.1) is 7.11 Å². The normalized spacial score (nSPS) is 14.6. The molecule has 150 valence electrons. The van der Waals surface area contributed by atoms with Gasteiger partial charge in [0.25, 0.3) is 0 Å². The first kappa shape index (κ1) is 19.9. The maximum atomic E-state index is 13.0. The van der Waals surface area contributed by atoms with Gasteiger partial charge in [0, 0.05) is 44.1 Å². The van der Waals surface area contributed by atoms with Crippen LogP contribution in [-0.4, -0.2) is 57.3 Å². The molecule has 0 bridgehead atoms. The average molecular weight is 386 g/mol. The van der Waals surface area contributed by atoms with Crippen LogP contribution in [0.25, 0.3) is 0 Å². The average Bonchev–Trinajstić information content (AvgIpc) is 2.73. The molecule has 0 aromatic heterocycles. The lowest BCUT2D eigenvalue weighted by Gasteiger charge is -2.36. The van der Waals surface area contributed by atoms with Crippen molar-refractivity contribution in [3.05, 3.63) is 54.3 Å². The Hall–Kier alpha value is -2.80. The van der Waals surface area contributed by atoms with Crippen LogP contribution in [0.5, 0.6) is 5.75 Å². The molecule has 28 heavy (non-hydrogen) atoms. The summed E-state index contributed by atoms with van der Waals surface area (Å²) in [5.74, 6) is 0.552. The number of nitrogens with one attached hydrogen (secondary N) is 2. The number of urea groups is 1. The van der Waals surface area contributed by atoms with Crippen LogP contribution < -0.4 is 20.3 Å². The van der Waals surface area contributed by atoms with Gasteiger partial charge in [0.15, 0.2) is 0 Å². The van der Waals surface area contributed by atoms with Crippen molar-refractivity contribution in [2.24, 2.45) is 0 Å². The molecule has 3 rings (SSSR count). The lowest BCUT2D eigenvalue weighted by Crippen LogP contribution is -2.47. The van der Waals surface area contributed by atoms with Crippen molar-refractivity contribution in [2.75, 3.05) is 56.6 Å². The number of amides is 2. The summed E-state index contributed by atoms with van der Waals surface area (Å²) in [5, 5.41) is 5.69. The number of piperazine rings is 1. The standard InChI is InChI=1S/C21H27FN4O2/c1-28-20-9-5-18(6-10-20)24-21(27)23-11-2-12-25-13-15-26(16-14-25)19-7-3-17(22)4-8-19/h3-10H,2,11-16H2,1H3,(H2,23,24,27). The topological polar surface area (TPSA) is 56.8 Å². The van der Waals surface area contributed by atoms with Crippen LogP contribution in [0.2, 0.25) is 0 Å². The Morgan fingerprint density at radius 1 is 1.04 bits per heavy atom. The number of methoxy groups -OCH3 is 1. The Kier molecular flexibility index (Phi) is 7.08. The zero-order valence-electron chi connectivity index (χ0n) is 16.2. The molecule has 1 aliphatic heterocycles. The number of anilines is 2. The summed E-state index contributed by atoms with van der Waals surface area (Å²) in [4.78, 5) is 16.6. The molecule has 0 aliphatic carbocycles. The van der Waals surface area contributed by atoms with E-state index >= 15 is 0 Å². The second kappa shape index (κ2) is 9.94. The Balaban J connectivity index is 1.30. The molecule has 6 nitrogen and oxygen atoms in total. The van der Waals surface area contributed by atoms with E-state index in [1.807, 2.05) is 12.1 Å². The summed E-state index contributed by atoms with van der Waals surface area (Å²) >= 11 is 0. The fourth-order valence-electron chi connectivity index (χ4n) is 3.24. The first-order chi connectivity index (χ1) is 13.6. The first-order valence-corrected chi connectivity index (χ1v) is 9.56. The molecule has 1 aliphatic rings. The number of halogens is 1. The number of carbonyl (C=O) groups excluding carboxylic acids is 1. The Bertz CT molecular complexity index is 744. The lowest BCUT2D eigenvalue weighted by atomic mass is 10.2. The van der Waals surface area contributed by atoms with E-state index in [2.05, 4.69) is 20.4 Å². The molecule has 0 radical (unpaired) electrons. The van der Waals surface area contributed by atoms with Gasteiger partial charge in [-0.25, -0.2) is 9.18 Å². The van der Waals surface area contributed by atoms with Crippen molar-refractivity contribution < 1.29 is 13.9 Å². The van der Waals surface area contributed by atoms with Gasteiger partial charge in [-0.3, -0.25) is 4.90 Å². The Morgan fingerprint density at radius 3 is 2.36 bits per heavy atom. The lowest BCUT2D eigenvalue weighted by molar-refractivity contribution is 0.244. The largest absolute Gasteiger partial charge is 0.497 e. The van der Waals surface area contributed by atoms with Crippen LogP contribution in [-0.2, 0) is 0 Å². The maximum absolute atomic E-state index is 13.0. The highest BCUT2D eigenvalue weighted by Gasteiger charge is 2.16. The molecule has 2 aromatic rings. The quantitative estimate of drug-likeness (QED) is 0.718. The van der Waals surface area contributed by atoms with Gasteiger partial charge in [-0.05, 0) is 61.5 Å². The van der Waals surface area contributed by atoms with Crippen molar-refractivity contribution in [1.29, 1.82) is 0 Å². The molecule has 7 heteroatoms. The fraction of sp³-hybridized carbons (Fsp3) is 0.381. The molecule has 0 unspecified atom stereocenters. The zero-order chi connectivity index (χ0) is 19.8. The molecule has 2 N–H and O–H groups in total. The molecule has 2 aromatic carbocycles. The molecular formula is C21H27FN4O2. The van der Waals surface area contributed by atoms with Gasteiger partial charge < -0.3 is 20.3 Å². The van der Waals surface area contributed by atoms with Crippen LogP contribution in [0.3, 0.4) is 0 Å². The van der Waals surface area contributed by atoms with Gasteiger partial charge in [0.1, 0.15) is 11.6 Å². The van der Waals surface area contributed by atoms with Crippen molar-refractivity contribution in [2.45, 2.75) is 6.42 Å². The molecular weight excluding hydrogens is 359 g/mol. The minimum Gasteiger partial charge on any atom is -0.497 e. The van der Waals surface area contributed by atoms with E-state index in [0.717, 1.165) is 56.3 Å². The van der Waals surface area contributed by atoms with E-state index in [0.29, 0.717) is 6.54 Å². The third kappa shape index (κ3) is 5.85. The van der Waals surface area contributed by atoms with Crippen LogP contribution >= 0.6 is 0 Å². The second-order valence-corrected chi connectivity index (χ2v) is 6.77. The van der Waals surface area contributed by atoms with E-state index in [-0.39, 0.29) is 11.8 Å². The minimum absolute atomic E-state index is 0.203. The summed E-state index contributed by atoms with van der Waals surface area (Å²) in [6.07, 6.45) is 0.895. The third-order valence-corrected chi connectivity index (χ3v) is 4.85.